The Hall–Kier alpha value is -1.89. The lowest BCUT2D eigenvalue weighted by atomic mass is 10.3. The molecule has 2 aromatic heterocycles. The van der Waals surface area contributed by atoms with Crippen LogP contribution in [0.25, 0.3) is 0 Å². The molecule has 0 radical (unpaired) electrons. The van der Waals surface area contributed by atoms with Gasteiger partial charge in [0.2, 0.25) is 0 Å². The Morgan fingerprint density at radius 3 is 3.11 bits per heavy atom. The van der Waals surface area contributed by atoms with Gasteiger partial charge in [-0.2, -0.15) is 5.10 Å². The smallest absolute Gasteiger partial charge is 0.287 e. The molecular formula is C11H14N4O2S. The second kappa shape index (κ2) is 5.18. The molecule has 2 rings (SSSR count). The maximum absolute atomic E-state index is 11.8. The Balaban J connectivity index is 2.15. The third kappa shape index (κ3) is 2.35. The summed E-state index contributed by atoms with van der Waals surface area (Å²) in [5.74, 6) is 0.700. The number of hydrogen-bond donors (Lipinski definition) is 2. The lowest BCUT2D eigenvalue weighted by molar-refractivity contribution is 0.0909. The monoisotopic (exact) mass is 266 g/mol. The predicted octanol–water partition coefficient (Wildman–Crippen LogP) is 2.04. The molecule has 0 aliphatic heterocycles. The number of hydrogen-bond acceptors (Lipinski definition) is 4. The van der Waals surface area contributed by atoms with E-state index in [9.17, 15) is 4.79 Å². The fourth-order valence-corrected chi connectivity index (χ4v) is 1.97. The third-order valence-corrected chi connectivity index (χ3v) is 2.90. The Bertz CT molecular complexity index is 584. The Morgan fingerprint density at radius 1 is 1.72 bits per heavy atom. The summed E-state index contributed by atoms with van der Waals surface area (Å²) in [5, 5.41) is 9.64. The minimum atomic E-state index is -0.274. The van der Waals surface area contributed by atoms with E-state index in [4.69, 9.17) is 16.6 Å². The van der Waals surface area contributed by atoms with Gasteiger partial charge in [-0.15, -0.1) is 0 Å². The summed E-state index contributed by atoms with van der Waals surface area (Å²) < 4.78 is 7.41. The van der Waals surface area contributed by atoms with E-state index in [1.165, 1.54) is 6.26 Å². The molecule has 0 spiro atoms. The van der Waals surface area contributed by atoms with Gasteiger partial charge in [-0.05, 0) is 38.2 Å². The van der Waals surface area contributed by atoms with Crippen molar-refractivity contribution in [1.82, 2.24) is 20.1 Å². The average Bonchev–Trinajstić information content (AvgIpc) is 2.97. The zero-order valence-electron chi connectivity index (χ0n) is 10.1. The minimum Gasteiger partial charge on any atom is -0.459 e. The number of aromatic nitrogens is 3. The van der Waals surface area contributed by atoms with Crippen molar-refractivity contribution < 1.29 is 9.21 Å². The van der Waals surface area contributed by atoms with Gasteiger partial charge < -0.3 is 14.3 Å². The summed E-state index contributed by atoms with van der Waals surface area (Å²) in [5.41, 5.74) is 0. The molecule has 0 saturated carbocycles. The number of nitrogens with one attached hydrogen (secondary N) is 2. The number of furan rings is 1. The number of nitrogens with zero attached hydrogens (tertiary/aromatic N) is 2. The highest BCUT2D eigenvalue weighted by Crippen LogP contribution is 2.11. The third-order valence-electron chi connectivity index (χ3n) is 2.58. The van der Waals surface area contributed by atoms with Crippen molar-refractivity contribution in [1.29, 1.82) is 0 Å². The van der Waals surface area contributed by atoms with Crippen LogP contribution in [0.4, 0.5) is 0 Å². The molecule has 6 nitrogen and oxygen atoms in total. The molecule has 0 bridgehead atoms. The van der Waals surface area contributed by atoms with Gasteiger partial charge in [0.15, 0.2) is 16.4 Å². The van der Waals surface area contributed by atoms with Crippen molar-refractivity contribution in [3.05, 3.63) is 34.8 Å². The molecule has 0 aliphatic carbocycles. The average molecular weight is 266 g/mol. The van der Waals surface area contributed by atoms with Crippen LogP contribution in [-0.4, -0.2) is 20.7 Å². The molecule has 1 atom stereocenters. The predicted molar refractivity (Wildman–Crippen MR) is 67.7 cm³/mol. The van der Waals surface area contributed by atoms with Crippen LogP contribution < -0.4 is 5.32 Å². The lowest BCUT2D eigenvalue weighted by Crippen LogP contribution is -2.28. The number of rotatable bonds is 4. The van der Waals surface area contributed by atoms with Crippen molar-refractivity contribution in [3.8, 4) is 0 Å². The van der Waals surface area contributed by atoms with Crippen molar-refractivity contribution in [3.63, 3.8) is 0 Å². The first kappa shape index (κ1) is 12.6. The maximum Gasteiger partial charge on any atom is 0.287 e. The molecule has 0 fully saturated rings. The van der Waals surface area contributed by atoms with Crippen LogP contribution >= 0.6 is 12.2 Å². The number of carbonyl (C=O) groups is 1. The Labute approximate surface area is 109 Å². The molecule has 2 heterocycles. The zero-order valence-corrected chi connectivity index (χ0v) is 11.0. The molecule has 7 heteroatoms. The summed E-state index contributed by atoms with van der Waals surface area (Å²) in [4.78, 5) is 11.8. The molecule has 0 aliphatic rings. The standard InChI is InChI=1S/C11H14N4O2S/c1-3-15-9(13-14-11(15)18)7(2)12-10(16)8-5-4-6-17-8/h4-7H,3H2,1-2H3,(H,12,16)(H,14,18). The summed E-state index contributed by atoms with van der Waals surface area (Å²) in [7, 11) is 0. The van der Waals surface area contributed by atoms with E-state index in [-0.39, 0.29) is 17.7 Å². The molecule has 96 valence electrons. The second-order valence-electron chi connectivity index (χ2n) is 3.80. The molecular weight excluding hydrogens is 252 g/mol. The van der Waals surface area contributed by atoms with Crippen LogP contribution in [0.1, 0.15) is 36.3 Å². The van der Waals surface area contributed by atoms with Gasteiger partial charge in [0.25, 0.3) is 5.91 Å². The molecule has 0 aromatic carbocycles. The Kier molecular flexibility index (Phi) is 3.61. The first-order valence-corrected chi connectivity index (χ1v) is 6.03. The van der Waals surface area contributed by atoms with E-state index in [2.05, 4.69) is 15.5 Å². The minimum absolute atomic E-state index is 0.254. The van der Waals surface area contributed by atoms with Gasteiger partial charge in [0, 0.05) is 6.54 Å². The molecule has 2 N–H and O–H groups in total. The number of aromatic amines is 1. The molecule has 2 aromatic rings. The van der Waals surface area contributed by atoms with Crippen LogP contribution in [0, 0.1) is 4.77 Å². The zero-order chi connectivity index (χ0) is 13.1. The first-order valence-electron chi connectivity index (χ1n) is 5.63. The van der Waals surface area contributed by atoms with E-state index < -0.39 is 0 Å². The van der Waals surface area contributed by atoms with Gasteiger partial charge in [0.05, 0.1) is 12.3 Å². The van der Waals surface area contributed by atoms with Crippen molar-refractivity contribution in [2.75, 3.05) is 0 Å². The number of amides is 1. The fraction of sp³-hybridized carbons (Fsp3) is 0.364. The van der Waals surface area contributed by atoms with Crippen LogP contribution in [0.2, 0.25) is 0 Å². The quantitative estimate of drug-likeness (QED) is 0.830. The molecule has 1 amide bonds. The van der Waals surface area contributed by atoms with Crippen LogP contribution in [0.5, 0.6) is 0 Å². The largest absolute Gasteiger partial charge is 0.459 e. The van der Waals surface area contributed by atoms with Gasteiger partial charge in [-0.1, -0.05) is 0 Å². The normalized spacial score (nSPS) is 12.3. The topological polar surface area (TPSA) is 75.8 Å². The van der Waals surface area contributed by atoms with Crippen molar-refractivity contribution in [2.45, 2.75) is 26.4 Å². The van der Waals surface area contributed by atoms with Gasteiger partial charge in [-0.25, -0.2) is 0 Å². The van der Waals surface area contributed by atoms with Gasteiger partial charge in [-0.3, -0.25) is 9.89 Å². The lowest BCUT2D eigenvalue weighted by Gasteiger charge is -2.12. The van der Waals surface area contributed by atoms with E-state index in [0.717, 1.165) is 0 Å². The fourth-order valence-electron chi connectivity index (χ4n) is 1.71. The van der Waals surface area contributed by atoms with E-state index in [1.807, 2.05) is 18.4 Å². The SMILES string of the molecule is CCn1c(C(C)NC(=O)c2ccco2)n[nH]c1=S. The van der Waals surface area contributed by atoms with Gasteiger partial charge in [0.1, 0.15) is 0 Å². The highest BCUT2D eigenvalue weighted by molar-refractivity contribution is 7.71. The highest BCUT2D eigenvalue weighted by Gasteiger charge is 2.17. The van der Waals surface area contributed by atoms with Crippen LogP contribution in [0.3, 0.4) is 0 Å². The van der Waals surface area contributed by atoms with Crippen molar-refractivity contribution in [2.24, 2.45) is 0 Å². The summed E-state index contributed by atoms with van der Waals surface area (Å²) in [6.07, 6.45) is 1.46. The molecule has 1 unspecified atom stereocenters. The number of H-pyrrole nitrogens is 1. The van der Waals surface area contributed by atoms with Crippen LogP contribution in [-0.2, 0) is 6.54 Å². The molecule has 18 heavy (non-hydrogen) atoms. The summed E-state index contributed by atoms with van der Waals surface area (Å²) in [6, 6.07) is 3.02. The van der Waals surface area contributed by atoms with E-state index >= 15 is 0 Å². The van der Waals surface area contributed by atoms with E-state index in [1.54, 1.807) is 12.1 Å². The summed E-state index contributed by atoms with van der Waals surface area (Å²) in [6.45, 7) is 4.51. The van der Waals surface area contributed by atoms with Crippen LogP contribution in [0.15, 0.2) is 22.8 Å². The molecule has 0 saturated heterocycles. The Morgan fingerprint density at radius 2 is 2.50 bits per heavy atom. The summed E-state index contributed by atoms with van der Waals surface area (Å²) >= 11 is 5.10. The van der Waals surface area contributed by atoms with Gasteiger partial charge >= 0.3 is 0 Å². The van der Waals surface area contributed by atoms with Crippen molar-refractivity contribution >= 4 is 18.1 Å². The maximum atomic E-state index is 11.8. The first-order chi connectivity index (χ1) is 8.63. The van der Waals surface area contributed by atoms with E-state index in [0.29, 0.717) is 17.1 Å². The number of carbonyl (C=O) groups excluding carboxylic acids is 1. The highest BCUT2D eigenvalue weighted by atomic mass is 32.1. The second-order valence-corrected chi connectivity index (χ2v) is 4.19.